The number of carboxylic acids is 1. The van der Waals surface area contributed by atoms with Crippen molar-refractivity contribution in [2.75, 3.05) is 11.1 Å². The van der Waals surface area contributed by atoms with Gasteiger partial charge in [0.2, 0.25) is 0 Å². The van der Waals surface area contributed by atoms with Crippen LogP contribution in [0.25, 0.3) is 0 Å². The normalized spacial score (nSPS) is 10.2. The Balaban J connectivity index is 2.16. The smallest absolute Gasteiger partial charge is 0.337 e. The molecular weight excluding hydrogens is 240 g/mol. The molecule has 4 N–H and O–H groups in total. The van der Waals surface area contributed by atoms with E-state index in [0.717, 1.165) is 5.56 Å². The first-order valence-electron chi connectivity index (χ1n) is 5.98. The van der Waals surface area contributed by atoms with Crippen LogP contribution in [0.4, 0.5) is 11.4 Å². The van der Waals surface area contributed by atoms with E-state index >= 15 is 0 Å². The molecule has 2 aromatic rings. The monoisotopic (exact) mass is 256 g/mol. The number of hydrogen-bond acceptors (Lipinski definition) is 3. The van der Waals surface area contributed by atoms with Crippen molar-refractivity contribution >= 4 is 17.3 Å². The average molecular weight is 256 g/mol. The molecule has 0 spiro atoms. The molecule has 0 unspecified atom stereocenters. The second kappa shape index (κ2) is 5.44. The Morgan fingerprint density at radius 2 is 1.89 bits per heavy atom. The summed E-state index contributed by atoms with van der Waals surface area (Å²) in [6.07, 6.45) is 0. The zero-order valence-electron chi connectivity index (χ0n) is 10.7. The molecule has 98 valence electrons. The molecule has 2 rings (SSSR count). The van der Waals surface area contributed by atoms with Gasteiger partial charge in [0, 0.05) is 12.2 Å². The zero-order chi connectivity index (χ0) is 13.8. The van der Waals surface area contributed by atoms with Gasteiger partial charge >= 0.3 is 5.97 Å². The van der Waals surface area contributed by atoms with Crippen molar-refractivity contribution in [2.24, 2.45) is 0 Å². The first-order valence-corrected chi connectivity index (χ1v) is 5.98. The highest BCUT2D eigenvalue weighted by Gasteiger charge is 2.09. The third kappa shape index (κ3) is 3.25. The molecule has 0 radical (unpaired) electrons. The van der Waals surface area contributed by atoms with Crippen molar-refractivity contribution in [3.05, 3.63) is 59.2 Å². The Hall–Kier alpha value is -2.49. The summed E-state index contributed by atoms with van der Waals surface area (Å²) < 4.78 is 0. The van der Waals surface area contributed by atoms with Gasteiger partial charge in [0.1, 0.15) is 0 Å². The topological polar surface area (TPSA) is 75.3 Å². The molecule has 4 heteroatoms. The maximum Gasteiger partial charge on any atom is 0.337 e. The van der Waals surface area contributed by atoms with Crippen molar-refractivity contribution in [1.82, 2.24) is 0 Å². The Bertz CT molecular complexity index is 592. The van der Waals surface area contributed by atoms with Gasteiger partial charge in [-0.2, -0.15) is 0 Å². The minimum atomic E-state index is -0.966. The summed E-state index contributed by atoms with van der Waals surface area (Å²) in [5.41, 5.74) is 9.26. The van der Waals surface area contributed by atoms with Crippen LogP contribution in [0.1, 0.15) is 21.5 Å². The van der Waals surface area contributed by atoms with Gasteiger partial charge in [-0.3, -0.25) is 0 Å². The summed E-state index contributed by atoms with van der Waals surface area (Å²) in [6.45, 7) is 2.58. The van der Waals surface area contributed by atoms with Crippen LogP contribution in [-0.2, 0) is 6.54 Å². The Morgan fingerprint density at radius 3 is 2.53 bits per heavy atom. The molecule has 2 aromatic carbocycles. The van der Waals surface area contributed by atoms with Crippen LogP contribution in [0.2, 0.25) is 0 Å². The van der Waals surface area contributed by atoms with E-state index in [9.17, 15) is 4.79 Å². The lowest BCUT2D eigenvalue weighted by Crippen LogP contribution is -2.07. The zero-order valence-corrected chi connectivity index (χ0v) is 10.7. The number of carbonyl (C=O) groups is 1. The van der Waals surface area contributed by atoms with Gasteiger partial charge in [0.05, 0.1) is 11.3 Å². The highest BCUT2D eigenvalue weighted by Crippen LogP contribution is 2.20. The van der Waals surface area contributed by atoms with Crippen LogP contribution in [0.15, 0.2) is 42.5 Å². The standard InChI is InChI=1S/C15H16N2O2/c1-10-2-4-11(5-3-10)9-17-14-8-12(16)6-7-13(14)15(18)19/h2-8,17H,9,16H2,1H3,(H,18,19). The van der Waals surface area contributed by atoms with Crippen molar-refractivity contribution in [1.29, 1.82) is 0 Å². The largest absolute Gasteiger partial charge is 0.478 e. The minimum absolute atomic E-state index is 0.223. The predicted octanol–water partition coefficient (Wildman–Crippen LogP) is 2.89. The van der Waals surface area contributed by atoms with Gasteiger partial charge in [0.25, 0.3) is 0 Å². The molecule has 0 saturated carbocycles. The molecule has 0 aliphatic rings. The average Bonchev–Trinajstić information content (AvgIpc) is 2.38. The fraction of sp³-hybridized carbons (Fsp3) is 0.133. The third-order valence-corrected chi connectivity index (χ3v) is 2.88. The lowest BCUT2D eigenvalue weighted by Gasteiger charge is -2.10. The van der Waals surface area contributed by atoms with Crippen molar-refractivity contribution in [3.8, 4) is 0 Å². The first-order chi connectivity index (χ1) is 9.06. The molecule has 0 atom stereocenters. The molecule has 4 nitrogen and oxygen atoms in total. The molecule has 0 aromatic heterocycles. The number of nitrogens with one attached hydrogen (secondary N) is 1. The number of nitrogen functional groups attached to an aromatic ring is 1. The van der Waals surface area contributed by atoms with E-state index in [1.807, 2.05) is 31.2 Å². The van der Waals surface area contributed by atoms with Crippen LogP contribution >= 0.6 is 0 Å². The quantitative estimate of drug-likeness (QED) is 0.735. The Morgan fingerprint density at radius 1 is 1.21 bits per heavy atom. The molecule has 0 fully saturated rings. The van der Waals surface area contributed by atoms with E-state index in [1.165, 1.54) is 11.6 Å². The van der Waals surface area contributed by atoms with Crippen LogP contribution in [0.3, 0.4) is 0 Å². The van der Waals surface area contributed by atoms with Crippen LogP contribution in [0.5, 0.6) is 0 Å². The number of aromatic carboxylic acids is 1. The van der Waals surface area contributed by atoms with Gasteiger partial charge in [-0.15, -0.1) is 0 Å². The molecule has 0 aliphatic heterocycles. The van der Waals surface area contributed by atoms with Crippen LogP contribution in [-0.4, -0.2) is 11.1 Å². The fourth-order valence-corrected chi connectivity index (χ4v) is 1.80. The fourth-order valence-electron chi connectivity index (χ4n) is 1.80. The van der Waals surface area contributed by atoms with Gasteiger partial charge in [0.15, 0.2) is 0 Å². The number of anilines is 2. The Kier molecular flexibility index (Phi) is 3.71. The second-order valence-electron chi connectivity index (χ2n) is 4.45. The van der Waals surface area contributed by atoms with E-state index < -0.39 is 5.97 Å². The van der Waals surface area contributed by atoms with E-state index in [0.29, 0.717) is 17.9 Å². The molecule has 0 amide bonds. The predicted molar refractivity (Wildman–Crippen MR) is 76.3 cm³/mol. The number of nitrogens with two attached hydrogens (primary N) is 1. The number of hydrogen-bond donors (Lipinski definition) is 3. The lowest BCUT2D eigenvalue weighted by atomic mass is 10.1. The van der Waals surface area contributed by atoms with Gasteiger partial charge in [-0.05, 0) is 30.7 Å². The second-order valence-corrected chi connectivity index (χ2v) is 4.45. The van der Waals surface area contributed by atoms with E-state index in [2.05, 4.69) is 5.32 Å². The summed E-state index contributed by atoms with van der Waals surface area (Å²) in [6, 6.07) is 12.8. The Labute approximate surface area is 111 Å². The van der Waals surface area contributed by atoms with Crippen molar-refractivity contribution in [3.63, 3.8) is 0 Å². The maximum atomic E-state index is 11.1. The summed E-state index contributed by atoms with van der Waals surface area (Å²) in [7, 11) is 0. The van der Waals surface area contributed by atoms with Gasteiger partial charge in [-0.25, -0.2) is 4.79 Å². The van der Waals surface area contributed by atoms with Gasteiger partial charge < -0.3 is 16.2 Å². The van der Waals surface area contributed by atoms with Crippen molar-refractivity contribution in [2.45, 2.75) is 13.5 Å². The highest BCUT2D eigenvalue weighted by atomic mass is 16.4. The molecule has 0 aliphatic carbocycles. The summed E-state index contributed by atoms with van der Waals surface area (Å²) in [5.74, 6) is -0.966. The van der Waals surface area contributed by atoms with Gasteiger partial charge in [-0.1, -0.05) is 29.8 Å². The van der Waals surface area contributed by atoms with E-state index in [1.54, 1.807) is 12.1 Å². The number of aryl methyl sites for hydroxylation is 1. The summed E-state index contributed by atoms with van der Waals surface area (Å²) >= 11 is 0. The van der Waals surface area contributed by atoms with E-state index in [4.69, 9.17) is 10.8 Å². The summed E-state index contributed by atoms with van der Waals surface area (Å²) in [5, 5.41) is 12.2. The minimum Gasteiger partial charge on any atom is -0.478 e. The molecule has 0 heterocycles. The number of rotatable bonds is 4. The SMILES string of the molecule is Cc1ccc(CNc2cc(N)ccc2C(=O)O)cc1. The van der Waals surface area contributed by atoms with Crippen LogP contribution < -0.4 is 11.1 Å². The van der Waals surface area contributed by atoms with Crippen molar-refractivity contribution < 1.29 is 9.90 Å². The molecular formula is C15H16N2O2. The molecule has 0 bridgehead atoms. The third-order valence-electron chi connectivity index (χ3n) is 2.88. The van der Waals surface area contributed by atoms with Crippen LogP contribution in [0, 0.1) is 6.92 Å². The van der Waals surface area contributed by atoms with E-state index in [-0.39, 0.29) is 5.56 Å². The lowest BCUT2D eigenvalue weighted by molar-refractivity contribution is 0.0698. The highest BCUT2D eigenvalue weighted by molar-refractivity contribution is 5.95. The number of benzene rings is 2. The molecule has 19 heavy (non-hydrogen) atoms. The summed E-state index contributed by atoms with van der Waals surface area (Å²) in [4.78, 5) is 11.1. The number of carboxylic acid groups (broad SMARTS) is 1. The molecule has 0 saturated heterocycles. The maximum absolute atomic E-state index is 11.1. The first kappa shape index (κ1) is 13.0.